The smallest absolute Gasteiger partial charge is 0.325 e. The Labute approximate surface area is 149 Å². The standard InChI is InChI=1S/C13H24N4O7S/c1-5(13(23)24)15-12(22)9(6(2)19)17-11(21)8(3-18)16-10(20)7(14)4-25/h5-9,18-19,25H,3-4,14H2,1-2H3,(H,15,22)(H,16,20)(H,17,21)(H,23,24). The van der Waals surface area contributed by atoms with Gasteiger partial charge < -0.3 is 37.0 Å². The first-order valence-electron chi connectivity index (χ1n) is 7.34. The Kier molecular flexibility index (Phi) is 10.0. The number of aliphatic hydroxyl groups excluding tert-OH is 2. The fourth-order valence-corrected chi connectivity index (χ4v) is 1.75. The zero-order valence-electron chi connectivity index (χ0n) is 13.8. The molecule has 5 unspecified atom stereocenters. The van der Waals surface area contributed by atoms with Crippen molar-refractivity contribution in [2.75, 3.05) is 12.4 Å². The Morgan fingerprint density at radius 3 is 2.00 bits per heavy atom. The predicted molar refractivity (Wildman–Crippen MR) is 89.7 cm³/mol. The highest BCUT2D eigenvalue weighted by atomic mass is 32.1. The number of carboxylic acid groups (broad SMARTS) is 1. The van der Waals surface area contributed by atoms with Crippen LogP contribution in [0, 0.1) is 0 Å². The van der Waals surface area contributed by atoms with Gasteiger partial charge in [0.1, 0.15) is 18.1 Å². The van der Waals surface area contributed by atoms with E-state index in [1.165, 1.54) is 13.8 Å². The molecule has 0 heterocycles. The summed E-state index contributed by atoms with van der Waals surface area (Å²) in [6.07, 6.45) is -1.36. The summed E-state index contributed by atoms with van der Waals surface area (Å²) in [6, 6.07) is -5.15. The minimum atomic E-state index is -1.49. The molecule has 0 aromatic rings. The maximum Gasteiger partial charge on any atom is 0.325 e. The molecular weight excluding hydrogens is 356 g/mol. The summed E-state index contributed by atoms with van der Waals surface area (Å²) in [5.41, 5.74) is 5.44. The van der Waals surface area contributed by atoms with Gasteiger partial charge in [0.05, 0.1) is 18.8 Å². The number of thiol groups is 1. The maximum absolute atomic E-state index is 12.1. The number of hydrogen-bond donors (Lipinski definition) is 8. The number of nitrogens with one attached hydrogen (secondary N) is 3. The minimum Gasteiger partial charge on any atom is -0.480 e. The fourth-order valence-electron chi connectivity index (χ4n) is 1.58. The van der Waals surface area contributed by atoms with E-state index in [2.05, 4.69) is 28.6 Å². The van der Waals surface area contributed by atoms with Crippen LogP contribution in [0.15, 0.2) is 0 Å². The number of carboxylic acids is 1. The lowest BCUT2D eigenvalue weighted by Crippen LogP contribution is -2.60. The van der Waals surface area contributed by atoms with Crippen molar-refractivity contribution in [3.63, 3.8) is 0 Å². The molecule has 0 saturated carbocycles. The first-order valence-corrected chi connectivity index (χ1v) is 7.97. The number of aliphatic carboxylic acids is 1. The van der Waals surface area contributed by atoms with Crippen LogP contribution in [0.5, 0.6) is 0 Å². The minimum absolute atomic E-state index is 0.0113. The zero-order chi connectivity index (χ0) is 19.7. The van der Waals surface area contributed by atoms with E-state index in [4.69, 9.17) is 10.8 Å². The van der Waals surface area contributed by atoms with E-state index in [9.17, 15) is 29.4 Å². The van der Waals surface area contributed by atoms with Crippen LogP contribution < -0.4 is 21.7 Å². The molecule has 3 amide bonds. The van der Waals surface area contributed by atoms with Crippen molar-refractivity contribution in [2.45, 2.75) is 44.1 Å². The van der Waals surface area contributed by atoms with Gasteiger partial charge in [0, 0.05) is 5.75 Å². The molecule has 0 aromatic heterocycles. The molecule has 0 aromatic carbocycles. The van der Waals surface area contributed by atoms with E-state index >= 15 is 0 Å². The Balaban J connectivity index is 4.99. The number of carbonyl (C=O) groups excluding carboxylic acids is 3. The average molecular weight is 380 g/mol. The predicted octanol–water partition coefficient (Wildman–Crippen LogP) is -3.82. The molecule has 0 radical (unpaired) electrons. The lowest BCUT2D eigenvalue weighted by molar-refractivity contribution is -0.142. The van der Waals surface area contributed by atoms with Crippen molar-refractivity contribution in [3.05, 3.63) is 0 Å². The summed E-state index contributed by atoms with van der Waals surface area (Å²) < 4.78 is 0. The lowest BCUT2D eigenvalue weighted by atomic mass is 10.1. The molecular formula is C13H24N4O7S. The van der Waals surface area contributed by atoms with Gasteiger partial charge in [0.2, 0.25) is 17.7 Å². The molecule has 0 aliphatic rings. The second kappa shape index (κ2) is 10.9. The van der Waals surface area contributed by atoms with Crippen LogP contribution in [0.2, 0.25) is 0 Å². The summed E-state index contributed by atoms with van der Waals surface area (Å²) in [5, 5.41) is 34.1. The van der Waals surface area contributed by atoms with E-state index in [1.807, 2.05) is 0 Å². The second-order valence-corrected chi connectivity index (χ2v) is 5.69. The van der Waals surface area contributed by atoms with Gasteiger partial charge in [0.15, 0.2) is 0 Å². The zero-order valence-corrected chi connectivity index (χ0v) is 14.7. The van der Waals surface area contributed by atoms with Crippen LogP contribution in [0.1, 0.15) is 13.8 Å². The van der Waals surface area contributed by atoms with Gasteiger partial charge in [-0.2, -0.15) is 12.6 Å². The normalized spacial score (nSPS) is 16.7. The van der Waals surface area contributed by atoms with Gasteiger partial charge in [-0.05, 0) is 13.8 Å². The highest BCUT2D eigenvalue weighted by molar-refractivity contribution is 7.80. The third-order valence-electron chi connectivity index (χ3n) is 3.14. The van der Waals surface area contributed by atoms with Crippen LogP contribution >= 0.6 is 12.6 Å². The number of carbonyl (C=O) groups is 4. The summed E-state index contributed by atoms with van der Waals surface area (Å²) in [7, 11) is 0. The highest BCUT2D eigenvalue weighted by Crippen LogP contribution is 1.97. The molecule has 0 saturated heterocycles. The Hall–Kier alpha value is -1.89. The lowest BCUT2D eigenvalue weighted by Gasteiger charge is -2.25. The van der Waals surface area contributed by atoms with Gasteiger partial charge >= 0.3 is 5.97 Å². The van der Waals surface area contributed by atoms with E-state index < -0.39 is 60.6 Å². The van der Waals surface area contributed by atoms with Crippen molar-refractivity contribution in [3.8, 4) is 0 Å². The molecule has 0 rings (SSSR count). The highest BCUT2D eigenvalue weighted by Gasteiger charge is 2.31. The largest absolute Gasteiger partial charge is 0.480 e. The van der Waals surface area contributed by atoms with Gasteiger partial charge in [0.25, 0.3) is 0 Å². The first kappa shape index (κ1) is 23.1. The summed E-state index contributed by atoms with van der Waals surface area (Å²) in [6.45, 7) is 1.63. The van der Waals surface area contributed by atoms with Crippen molar-refractivity contribution < 1.29 is 34.5 Å². The molecule has 25 heavy (non-hydrogen) atoms. The molecule has 0 aliphatic carbocycles. The van der Waals surface area contributed by atoms with E-state index in [0.717, 1.165) is 0 Å². The molecule has 5 atom stereocenters. The number of nitrogens with two attached hydrogens (primary N) is 1. The van der Waals surface area contributed by atoms with Crippen molar-refractivity contribution in [2.24, 2.45) is 5.73 Å². The third kappa shape index (κ3) is 7.69. The van der Waals surface area contributed by atoms with Crippen LogP contribution in [0.25, 0.3) is 0 Å². The summed E-state index contributed by atoms with van der Waals surface area (Å²) in [5.74, 6) is -3.91. The fraction of sp³-hybridized carbons (Fsp3) is 0.692. The number of aliphatic hydroxyl groups is 2. The Morgan fingerprint density at radius 2 is 1.60 bits per heavy atom. The molecule has 11 nitrogen and oxygen atoms in total. The molecule has 0 spiro atoms. The van der Waals surface area contributed by atoms with Crippen LogP contribution in [-0.4, -0.2) is 81.6 Å². The Bertz CT molecular complexity index is 503. The monoisotopic (exact) mass is 380 g/mol. The van der Waals surface area contributed by atoms with Crippen LogP contribution in [0.4, 0.5) is 0 Å². The quantitative estimate of drug-likeness (QED) is 0.177. The van der Waals surface area contributed by atoms with E-state index in [1.54, 1.807) is 0 Å². The molecule has 8 N–H and O–H groups in total. The summed E-state index contributed by atoms with van der Waals surface area (Å²) in [4.78, 5) is 46.5. The topological polar surface area (TPSA) is 191 Å². The number of hydrogen-bond acceptors (Lipinski definition) is 8. The SMILES string of the molecule is CC(NC(=O)C(NC(=O)C(CO)NC(=O)C(N)CS)C(C)O)C(=O)O. The van der Waals surface area contributed by atoms with E-state index in [-0.39, 0.29) is 5.75 Å². The Morgan fingerprint density at radius 1 is 1.04 bits per heavy atom. The molecule has 12 heteroatoms. The molecule has 0 aliphatic heterocycles. The molecule has 0 bridgehead atoms. The van der Waals surface area contributed by atoms with E-state index in [0.29, 0.717) is 0 Å². The average Bonchev–Trinajstić information content (AvgIpc) is 2.55. The first-order chi connectivity index (χ1) is 11.5. The summed E-state index contributed by atoms with van der Waals surface area (Å²) >= 11 is 3.83. The van der Waals surface area contributed by atoms with Crippen LogP contribution in [0.3, 0.4) is 0 Å². The third-order valence-corrected chi connectivity index (χ3v) is 3.53. The van der Waals surface area contributed by atoms with Crippen molar-refractivity contribution in [1.82, 2.24) is 16.0 Å². The number of amides is 3. The van der Waals surface area contributed by atoms with Crippen LogP contribution in [-0.2, 0) is 19.2 Å². The number of rotatable bonds is 10. The van der Waals surface area contributed by atoms with Crippen molar-refractivity contribution in [1.29, 1.82) is 0 Å². The van der Waals surface area contributed by atoms with Gasteiger partial charge in [-0.15, -0.1) is 0 Å². The van der Waals surface area contributed by atoms with Gasteiger partial charge in [-0.25, -0.2) is 0 Å². The van der Waals surface area contributed by atoms with Crippen molar-refractivity contribution >= 4 is 36.3 Å². The van der Waals surface area contributed by atoms with Gasteiger partial charge in [-0.3, -0.25) is 19.2 Å². The molecule has 0 fully saturated rings. The maximum atomic E-state index is 12.1. The van der Waals surface area contributed by atoms with Gasteiger partial charge in [-0.1, -0.05) is 0 Å². The second-order valence-electron chi connectivity index (χ2n) is 5.33. The molecule has 144 valence electrons.